The summed E-state index contributed by atoms with van der Waals surface area (Å²) in [4.78, 5) is 4.57. The largest absolute Gasteiger partial charge is 0.372 e. The molecule has 0 bridgehead atoms. The van der Waals surface area contributed by atoms with E-state index in [0.29, 0.717) is 5.41 Å². The third-order valence-electron chi connectivity index (χ3n) is 5.17. The van der Waals surface area contributed by atoms with Gasteiger partial charge < -0.3 is 5.32 Å². The van der Waals surface area contributed by atoms with Crippen LogP contribution in [0.25, 0.3) is 0 Å². The summed E-state index contributed by atoms with van der Waals surface area (Å²) in [6.07, 6.45) is 3.97. The van der Waals surface area contributed by atoms with Gasteiger partial charge in [0.05, 0.1) is 12.4 Å². The van der Waals surface area contributed by atoms with E-state index in [9.17, 15) is 0 Å². The summed E-state index contributed by atoms with van der Waals surface area (Å²) in [6, 6.07) is 0. The lowest BCUT2D eigenvalue weighted by Gasteiger charge is -2.44. The molecule has 1 N–H and O–H groups in total. The monoisotopic (exact) mass is 250 g/mol. The molecule has 0 radical (unpaired) electrons. The fourth-order valence-electron chi connectivity index (χ4n) is 3.82. The quantitative estimate of drug-likeness (QED) is 0.793. The number of hydrogen-bond acceptors (Lipinski definition) is 2. The minimum absolute atomic E-state index is 0.469. The third-order valence-corrected chi connectivity index (χ3v) is 5.17. The molecule has 2 atom stereocenters. The van der Waals surface area contributed by atoms with E-state index in [2.05, 4.69) is 44.9 Å². The van der Waals surface area contributed by atoms with Gasteiger partial charge in [-0.2, -0.15) is 0 Å². The third kappa shape index (κ3) is 3.07. The highest BCUT2D eigenvalue weighted by molar-refractivity contribution is 5.83. The minimum atomic E-state index is 0.469. The zero-order valence-corrected chi connectivity index (χ0v) is 12.8. The first-order valence-electron chi connectivity index (χ1n) is 7.65. The van der Waals surface area contributed by atoms with E-state index in [1.165, 1.54) is 25.1 Å². The second kappa shape index (κ2) is 5.22. The Bertz CT molecular complexity index is 302. The molecule has 1 fully saturated rings. The molecule has 104 valence electrons. The zero-order valence-electron chi connectivity index (χ0n) is 12.8. The smallest absolute Gasteiger partial charge is 0.0967 e. The van der Waals surface area contributed by atoms with Gasteiger partial charge in [-0.15, -0.1) is 0 Å². The predicted molar refractivity (Wildman–Crippen MR) is 78.9 cm³/mol. The summed E-state index contributed by atoms with van der Waals surface area (Å²) < 4.78 is 0. The Balaban J connectivity index is 1.98. The molecule has 2 heteroatoms. The summed E-state index contributed by atoms with van der Waals surface area (Å²) in [7, 11) is 0. The first-order chi connectivity index (χ1) is 8.38. The molecule has 1 heterocycles. The SMILES string of the molecule is CC1CC(C(C)(C)C)CC(C)C1CC1=NCCN1. The van der Waals surface area contributed by atoms with Crippen LogP contribution in [0.15, 0.2) is 4.99 Å². The fraction of sp³-hybridized carbons (Fsp3) is 0.938. The van der Waals surface area contributed by atoms with Crippen molar-refractivity contribution in [2.75, 3.05) is 13.1 Å². The number of aliphatic imine (C=N–C) groups is 1. The highest BCUT2D eigenvalue weighted by Gasteiger charge is 2.38. The van der Waals surface area contributed by atoms with Crippen molar-refractivity contribution in [2.45, 2.75) is 53.9 Å². The molecule has 2 unspecified atom stereocenters. The Labute approximate surface area is 113 Å². The van der Waals surface area contributed by atoms with Gasteiger partial charge in [-0.3, -0.25) is 4.99 Å². The number of nitrogens with zero attached hydrogens (tertiary/aromatic N) is 1. The Morgan fingerprint density at radius 2 is 1.78 bits per heavy atom. The highest BCUT2D eigenvalue weighted by Crippen LogP contribution is 2.46. The maximum atomic E-state index is 4.57. The lowest BCUT2D eigenvalue weighted by Crippen LogP contribution is -2.37. The van der Waals surface area contributed by atoms with Crippen LogP contribution in [0.1, 0.15) is 53.9 Å². The summed E-state index contributed by atoms with van der Waals surface area (Å²) in [5, 5.41) is 3.44. The molecule has 2 aliphatic rings. The predicted octanol–water partition coefficient (Wildman–Crippen LogP) is 3.72. The van der Waals surface area contributed by atoms with Crippen LogP contribution in [0.4, 0.5) is 0 Å². The first kappa shape index (κ1) is 13.9. The Morgan fingerprint density at radius 3 is 2.22 bits per heavy atom. The van der Waals surface area contributed by atoms with Crippen molar-refractivity contribution in [3.8, 4) is 0 Å². The van der Waals surface area contributed by atoms with Crippen molar-refractivity contribution in [1.82, 2.24) is 5.32 Å². The second-order valence-electron chi connectivity index (χ2n) is 7.61. The van der Waals surface area contributed by atoms with Gasteiger partial charge in [0.15, 0.2) is 0 Å². The summed E-state index contributed by atoms with van der Waals surface area (Å²) in [6.45, 7) is 14.1. The molecule has 0 aromatic heterocycles. The second-order valence-corrected chi connectivity index (χ2v) is 7.61. The molecule has 2 nitrogen and oxygen atoms in total. The average molecular weight is 250 g/mol. The van der Waals surface area contributed by atoms with Crippen LogP contribution in [-0.2, 0) is 0 Å². The van der Waals surface area contributed by atoms with E-state index in [1.807, 2.05) is 0 Å². The van der Waals surface area contributed by atoms with E-state index >= 15 is 0 Å². The van der Waals surface area contributed by atoms with Crippen LogP contribution in [0, 0.1) is 29.1 Å². The lowest BCUT2D eigenvalue weighted by atomic mass is 9.61. The summed E-state index contributed by atoms with van der Waals surface area (Å²) in [5.41, 5.74) is 0.469. The van der Waals surface area contributed by atoms with E-state index in [4.69, 9.17) is 0 Å². The van der Waals surface area contributed by atoms with E-state index in [-0.39, 0.29) is 0 Å². The number of nitrogens with one attached hydrogen (secondary N) is 1. The van der Waals surface area contributed by atoms with Crippen LogP contribution in [-0.4, -0.2) is 18.9 Å². The normalized spacial score (nSPS) is 37.3. The molecular formula is C16H30N2. The topological polar surface area (TPSA) is 24.4 Å². The van der Waals surface area contributed by atoms with Gasteiger partial charge in [0, 0.05) is 13.0 Å². The molecule has 1 aliphatic heterocycles. The highest BCUT2D eigenvalue weighted by atomic mass is 15.1. The van der Waals surface area contributed by atoms with Crippen molar-refractivity contribution in [3.05, 3.63) is 0 Å². The summed E-state index contributed by atoms with van der Waals surface area (Å²) in [5.74, 6) is 4.66. The molecule has 0 amide bonds. The van der Waals surface area contributed by atoms with Gasteiger partial charge in [0.1, 0.15) is 0 Å². The Hall–Kier alpha value is -0.530. The van der Waals surface area contributed by atoms with Crippen molar-refractivity contribution >= 4 is 5.84 Å². The van der Waals surface area contributed by atoms with Crippen molar-refractivity contribution in [3.63, 3.8) is 0 Å². The molecular weight excluding hydrogens is 220 g/mol. The standard InChI is InChI=1S/C16H30N2/c1-11-8-13(16(3,4)5)9-12(2)14(11)10-15-17-6-7-18-15/h11-14H,6-10H2,1-5H3,(H,17,18). The molecule has 2 rings (SSSR count). The van der Waals surface area contributed by atoms with Crippen LogP contribution in [0.3, 0.4) is 0 Å². The number of hydrogen-bond donors (Lipinski definition) is 1. The lowest BCUT2D eigenvalue weighted by molar-refractivity contribution is 0.0661. The van der Waals surface area contributed by atoms with Crippen molar-refractivity contribution < 1.29 is 0 Å². The molecule has 0 saturated heterocycles. The van der Waals surface area contributed by atoms with Gasteiger partial charge in [-0.1, -0.05) is 34.6 Å². The van der Waals surface area contributed by atoms with E-state index in [1.54, 1.807) is 0 Å². The first-order valence-corrected chi connectivity index (χ1v) is 7.65. The zero-order chi connectivity index (χ0) is 13.3. The van der Waals surface area contributed by atoms with Gasteiger partial charge >= 0.3 is 0 Å². The van der Waals surface area contributed by atoms with Gasteiger partial charge in [0.25, 0.3) is 0 Å². The van der Waals surface area contributed by atoms with E-state index < -0.39 is 0 Å². The Morgan fingerprint density at radius 1 is 1.17 bits per heavy atom. The van der Waals surface area contributed by atoms with E-state index in [0.717, 1.165) is 36.8 Å². The molecule has 0 aromatic carbocycles. The molecule has 18 heavy (non-hydrogen) atoms. The fourth-order valence-corrected chi connectivity index (χ4v) is 3.82. The van der Waals surface area contributed by atoms with Gasteiger partial charge in [-0.25, -0.2) is 0 Å². The van der Waals surface area contributed by atoms with Crippen LogP contribution >= 0.6 is 0 Å². The molecule has 0 aromatic rings. The van der Waals surface area contributed by atoms with Crippen molar-refractivity contribution in [1.29, 1.82) is 0 Å². The Kier molecular flexibility index (Phi) is 4.03. The van der Waals surface area contributed by atoms with Crippen LogP contribution in [0.2, 0.25) is 0 Å². The maximum Gasteiger partial charge on any atom is 0.0967 e. The number of rotatable bonds is 2. The van der Waals surface area contributed by atoms with Gasteiger partial charge in [-0.05, 0) is 41.9 Å². The average Bonchev–Trinajstić information content (AvgIpc) is 2.74. The minimum Gasteiger partial charge on any atom is -0.372 e. The summed E-state index contributed by atoms with van der Waals surface area (Å²) >= 11 is 0. The molecule has 1 aliphatic carbocycles. The van der Waals surface area contributed by atoms with Crippen LogP contribution < -0.4 is 5.32 Å². The maximum absolute atomic E-state index is 4.57. The van der Waals surface area contributed by atoms with Gasteiger partial charge in [0.2, 0.25) is 0 Å². The molecule has 0 spiro atoms. The molecule has 1 saturated carbocycles. The van der Waals surface area contributed by atoms with Crippen molar-refractivity contribution in [2.24, 2.45) is 34.1 Å². The number of amidine groups is 1. The van der Waals surface area contributed by atoms with Crippen LogP contribution in [0.5, 0.6) is 0 Å².